The van der Waals surface area contributed by atoms with E-state index in [1.807, 2.05) is 12.1 Å². The van der Waals surface area contributed by atoms with Gasteiger partial charge in [0.25, 0.3) is 0 Å². The summed E-state index contributed by atoms with van der Waals surface area (Å²) < 4.78 is 0. The number of anilines is 1. The van der Waals surface area contributed by atoms with Crippen LogP contribution in [0.5, 0.6) is 0 Å². The largest absolute Gasteiger partial charge is 0.363 e. The van der Waals surface area contributed by atoms with Crippen molar-refractivity contribution in [2.24, 2.45) is 0 Å². The highest BCUT2D eigenvalue weighted by atomic mass is 35.5. The van der Waals surface area contributed by atoms with Crippen molar-refractivity contribution >= 4 is 17.3 Å². The number of hydrogen-bond donors (Lipinski definition) is 1. The van der Waals surface area contributed by atoms with Crippen molar-refractivity contribution in [3.63, 3.8) is 0 Å². The number of nitrogens with one attached hydrogen (secondary N) is 1. The zero-order valence-corrected chi connectivity index (χ0v) is 10.9. The zero-order chi connectivity index (χ0) is 12.5. The van der Waals surface area contributed by atoms with Crippen LogP contribution >= 0.6 is 11.6 Å². The molecule has 90 valence electrons. The summed E-state index contributed by atoms with van der Waals surface area (Å²) in [5.74, 6) is 0. The number of benzene rings is 1. The molecule has 0 saturated carbocycles. The fourth-order valence-electron chi connectivity index (χ4n) is 2.28. The first kappa shape index (κ1) is 12.2. The molecule has 1 aliphatic rings. The van der Waals surface area contributed by atoms with E-state index in [-0.39, 0.29) is 5.54 Å². The monoisotopic (exact) mass is 249 g/mol. The van der Waals surface area contributed by atoms with Crippen LogP contribution in [-0.4, -0.2) is 25.2 Å². The fourth-order valence-corrected chi connectivity index (χ4v) is 2.49. The highest BCUT2D eigenvalue weighted by molar-refractivity contribution is 6.32. The third-order valence-corrected chi connectivity index (χ3v) is 3.51. The molecule has 1 aromatic carbocycles. The van der Waals surface area contributed by atoms with Crippen molar-refractivity contribution in [2.75, 3.05) is 24.5 Å². The molecule has 1 aliphatic heterocycles. The summed E-state index contributed by atoms with van der Waals surface area (Å²) in [4.78, 5) is 2.26. The van der Waals surface area contributed by atoms with Crippen molar-refractivity contribution in [1.82, 2.24) is 5.32 Å². The molecule has 0 amide bonds. The summed E-state index contributed by atoms with van der Waals surface area (Å²) in [6, 6.07) is 7.84. The van der Waals surface area contributed by atoms with Crippen LogP contribution in [0.4, 0.5) is 5.69 Å². The Hall–Kier alpha value is -1.24. The highest BCUT2D eigenvalue weighted by Crippen LogP contribution is 2.31. The molecule has 17 heavy (non-hydrogen) atoms. The summed E-state index contributed by atoms with van der Waals surface area (Å²) in [6.07, 6.45) is 0. The maximum Gasteiger partial charge on any atom is 0.103 e. The van der Waals surface area contributed by atoms with Gasteiger partial charge in [-0.2, -0.15) is 5.26 Å². The predicted molar refractivity (Wildman–Crippen MR) is 70.5 cm³/mol. The first-order chi connectivity index (χ1) is 8.06. The van der Waals surface area contributed by atoms with Crippen LogP contribution in [0.25, 0.3) is 0 Å². The van der Waals surface area contributed by atoms with E-state index in [0.29, 0.717) is 10.6 Å². The molecule has 0 unspecified atom stereocenters. The van der Waals surface area contributed by atoms with Crippen LogP contribution in [0.1, 0.15) is 19.4 Å². The molecule has 0 spiro atoms. The van der Waals surface area contributed by atoms with Gasteiger partial charge >= 0.3 is 0 Å². The number of rotatable bonds is 1. The van der Waals surface area contributed by atoms with Crippen molar-refractivity contribution < 1.29 is 0 Å². The minimum absolute atomic E-state index is 0.00542. The van der Waals surface area contributed by atoms with E-state index >= 15 is 0 Å². The molecule has 1 saturated heterocycles. The van der Waals surface area contributed by atoms with Crippen LogP contribution in [-0.2, 0) is 0 Å². The van der Waals surface area contributed by atoms with Crippen LogP contribution in [0, 0.1) is 11.3 Å². The Morgan fingerprint density at radius 1 is 1.47 bits per heavy atom. The summed E-state index contributed by atoms with van der Waals surface area (Å²) in [5, 5.41) is 13.1. The molecule has 1 aromatic rings. The summed E-state index contributed by atoms with van der Waals surface area (Å²) in [6.45, 7) is 7.07. The van der Waals surface area contributed by atoms with E-state index in [0.717, 1.165) is 25.3 Å². The van der Waals surface area contributed by atoms with E-state index in [1.54, 1.807) is 6.07 Å². The molecular weight excluding hydrogens is 234 g/mol. The van der Waals surface area contributed by atoms with Crippen LogP contribution in [0.3, 0.4) is 0 Å². The van der Waals surface area contributed by atoms with Crippen molar-refractivity contribution in [3.05, 3.63) is 28.8 Å². The molecule has 1 N–H and O–H groups in total. The minimum Gasteiger partial charge on any atom is -0.363 e. The fraction of sp³-hybridized carbons (Fsp3) is 0.462. The third kappa shape index (κ3) is 2.24. The Morgan fingerprint density at radius 2 is 2.24 bits per heavy atom. The maximum absolute atomic E-state index is 9.22. The first-order valence-corrected chi connectivity index (χ1v) is 6.11. The van der Waals surface area contributed by atoms with E-state index in [4.69, 9.17) is 11.6 Å². The zero-order valence-electron chi connectivity index (χ0n) is 10.1. The number of nitrogens with zero attached hydrogens (tertiary/aromatic N) is 2. The molecule has 0 aliphatic carbocycles. The first-order valence-electron chi connectivity index (χ1n) is 5.73. The van der Waals surface area contributed by atoms with Crippen LogP contribution in [0.15, 0.2) is 18.2 Å². The molecule has 1 heterocycles. The topological polar surface area (TPSA) is 39.1 Å². The molecule has 0 radical (unpaired) electrons. The lowest BCUT2D eigenvalue weighted by Gasteiger charge is -2.44. The highest BCUT2D eigenvalue weighted by Gasteiger charge is 2.31. The lowest BCUT2D eigenvalue weighted by atomic mass is 9.98. The van der Waals surface area contributed by atoms with Gasteiger partial charge in [0.15, 0.2) is 0 Å². The van der Waals surface area contributed by atoms with E-state index < -0.39 is 0 Å². The number of nitriles is 1. The number of piperazine rings is 1. The van der Waals surface area contributed by atoms with E-state index in [2.05, 4.69) is 30.1 Å². The van der Waals surface area contributed by atoms with E-state index in [9.17, 15) is 5.26 Å². The van der Waals surface area contributed by atoms with Crippen molar-refractivity contribution in [3.8, 4) is 6.07 Å². The van der Waals surface area contributed by atoms with Gasteiger partial charge in [-0.15, -0.1) is 0 Å². The second-order valence-corrected chi connectivity index (χ2v) is 5.29. The number of hydrogen-bond acceptors (Lipinski definition) is 3. The Kier molecular flexibility index (Phi) is 3.28. The quantitative estimate of drug-likeness (QED) is 0.831. The average molecular weight is 250 g/mol. The maximum atomic E-state index is 9.22. The lowest BCUT2D eigenvalue weighted by Crippen LogP contribution is -2.58. The van der Waals surface area contributed by atoms with Gasteiger partial charge in [-0.25, -0.2) is 0 Å². The van der Waals surface area contributed by atoms with E-state index in [1.165, 1.54) is 0 Å². The van der Waals surface area contributed by atoms with Gasteiger partial charge in [0.2, 0.25) is 0 Å². The standard InChI is InChI=1S/C13H16ClN3/c1-13(2)9-16-6-7-17(13)12-5-3-4-11(14)10(12)8-15/h3-5,16H,6-7,9H2,1-2H3. The smallest absolute Gasteiger partial charge is 0.103 e. The molecule has 1 fully saturated rings. The van der Waals surface area contributed by atoms with Gasteiger partial charge in [0.05, 0.1) is 16.3 Å². The lowest BCUT2D eigenvalue weighted by molar-refractivity contribution is 0.380. The Labute approximate surface area is 107 Å². The van der Waals surface area contributed by atoms with Gasteiger partial charge in [-0.05, 0) is 26.0 Å². The Morgan fingerprint density at radius 3 is 2.88 bits per heavy atom. The molecule has 0 aromatic heterocycles. The van der Waals surface area contributed by atoms with Gasteiger partial charge in [0.1, 0.15) is 6.07 Å². The minimum atomic E-state index is -0.00542. The molecule has 2 rings (SSSR count). The second-order valence-electron chi connectivity index (χ2n) is 4.89. The van der Waals surface area contributed by atoms with Crippen molar-refractivity contribution in [1.29, 1.82) is 5.26 Å². The average Bonchev–Trinajstić information content (AvgIpc) is 2.28. The van der Waals surface area contributed by atoms with Gasteiger partial charge in [-0.1, -0.05) is 17.7 Å². The van der Waals surface area contributed by atoms with Crippen molar-refractivity contribution in [2.45, 2.75) is 19.4 Å². The molecule has 4 heteroatoms. The molecule has 3 nitrogen and oxygen atoms in total. The predicted octanol–water partition coefficient (Wildman–Crippen LogP) is 2.40. The SMILES string of the molecule is CC1(C)CNCCN1c1cccc(Cl)c1C#N. The van der Waals surface area contributed by atoms with Gasteiger partial charge in [-0.3, -0.25) is 0 Å². The Balaban J connectivity index is 2.46. The molecule has 0 bridgehead atoms. The summed E-state index contributed by atoms with van der Waals surface area (Å²) >= 11 is 6.08. The van der Waals surface area contributed by atoms with Gasteiger partial charge < -0.3 is 10.2 Å². The normalized spacial score (nSPS) is 18.8. The summed E-state index contributed by atoms with van der Waals surface area (Å²) in [5.41, 5.74) is 1.50. The third-order valence-electron chi connectivity index (χ3n) is 3.19. The number of halogens is 1. The summed E-state index contributed by atoms with van der Waals surface area (Å²) in [7, 11) is 0. The Bertz CT molecular complexity index is 462. The second kappa shape index (κ2) is 4.56. The van der Waals surface area contributed by atoms with Crippen LogP contribution in [0.2, 0.25) is 5.02 Å². The van der Waals surface area contributed by atoms with Gasteiger partial charge in [0, 0.05) is 25.2 Å². The van der Waals surface area contributed by atoms with Crippen LogP contribution < -0.4 is 10.2 Å². The molecule has 0 atom stereocenters. The molecular formula is C13H16ClN3.